The van der Waals surface area contributed by atoms with Crippen LogP contribution in [0.25, 0.3) is 0 Å². The van der Waals surface area contributed by atoms with Gasteiger partial charge in [0.25, 0.3) is 0 Å². The highest BCUT2D eigenvalue weighted by molar-refractivity contribution is 4.86. The van der Waals surface area contributed by atoms with Crippen LogP contribution in [-0.2, 0) is 0 Å². The van der Waals surface area contributed by atoms with Crippen molar-refractivity contribution in [1.82, 2.24) is 10.2 Å². The molecule has 1 heterocycles. The first-order valence-corrected chi connectivity index (χ1v) is 5.48. The van der Waals surface area contributed by atoms with E-state index in [0.717, 1.165) is 19.1 Å². The van der Waals surface area contributed by atoms with E-state index in [0.29, 0.717) is 12.6 Å². The highest BCUT2D eigenvalue weighted by Gasteiger charge is 2.26. The SMILES string of the molecule is OCCN1CCCC1CNC1CC1. The van der Waals surface area contributed by atoms with Gasteiger partial charge in [-0.1, -0.05) is 0 Å². The predicted molar refractivity (Wildman–Crippen MR) is 52.7 cm³/mol. The number of hydrogen-bond acceptors (Lipinski definition) is 3. The monoisotopic (exact) mass is 184 g/mol. The Hall–Kier alpha value is -0.120. The molecule has 2 N–H and O–H groups in total. The topological polar surface area (TPSA) is 35.5 Å². The number of rotatable bonds is 5. The van der Waals surface area contributed by atoms with E-state index in [1.807, 2.05) is 0 Å². The number of nitrogens with one attached hydrogen (secondary N) is 1. The molecule has 1 saturated carbocycles. The van der Waals surface area contributed by atoms with Gasteiger partial charge in [-0.15, -0.1) is 0 Å². The summed E-state index contributed by atoms with van der Waals surface area (Å²) in [5, 5.41) is 12.4. The molecule has 3 nitrogen and oxygen atoms in total. The van der Waals surface area contributed by atoms with E-state index in [-0.39, 0.29) is 0 Å². The molecule has 3 heteroatoms. The first kappa shape index (κ1) is 9.44. The largest absolute Gasteiger partial charge is 0.395 e. The van der Waals surface area contributed by atoms with Crippen LogP contribution in [0.2, 0.25) is 0 Å². The summed E-state index contributed by atoms with van der Waals surface area (Å²) in [4.78, 5) is 2.41. The van der Waals surface area contributed by atoms with E-state index in [1.54, 1.807) is 0 Å². The summed E-state index contributed by atoms with van der Waals surface area (Å²) in [6.45, 7) is 3.47. The Morgan fingerprint density at radius 2 is 2.15 bits per heavy atom. The quantitative estimate of drug-likeness (QED) is 0.640. The van der Waals surface area contributed by atoms with Gasteiger partial charge in [0.1, 0.15) is 0 Å². The highest BCUT2D eigenvalue weighted by Crippen LogP contribution is 2.21. The minimum absolute atomic E-state index is 0.305. The molecule has 0 radical (unpaired) electrons. The van der Waals surface area contributed by atoms with Crippen LogP contribution in [0.1, 0.15) is 25.7 Å². The summed E-state index contributed by atoms with van der Waals surface area (Å²) in [6.07, 6.45) is 5.34. The van der Waals surface area contributed by atoms with Crippen molar-refractivity contribution in [2.75, 3.05) is 26.2 Å². The normalized spacial score (nSPS) is 29.8. The summed E-state index contributed by atoms with van der Waals surface area (Å²) >= 11 is 0. The number of aliphatic hydroxyl groups is 1. The Bertz CT molecular complexity index is 159. The Morgan fingerprint density at radius 3 is 2.85 bits per heavy atom. The second-order valence-corrected chi connectivity index (χ2v) is 4.24. The average Bonchev–Trinajstić information content (AvgIpc) is 2.86. The molecular weight excluding hydrogens is 164 g/mol. The average molecular weight is 184 g/mol. The molecule has 0 aromatic heterocycles. The number of likely N-dealkylation sites (tertiary alicyclic amines) is 1. The van der Waals surface area contributed by atoms with Crippen molar-refractivity contribution in [3.63, 3.8) is 0 Å². The van der Waals surface area contributed by atoms with Gasteiger partial charge in [-0.05, 0) is 32.2 Å². The Kier molecular flexibility index (Phi) is 3.19. The zero-order valence-corrected chi connectivity index (χ0v) is 8.21. The molecule has 2 rings (SSSR count). The third kappa shape index (κ3) is 2.66. The van der Waals surface area contributed by atoms with E-state index < -0.39 is 0 Å². The summed E-state index contributed by atoms with van der Waals surface area (Å²) in [6, 6.07) is 1.50. The van der Waals surface area contributed by atoms with E-state index >= 15 is 0 Å². The molecular formula is C10H20N2O. The van der Waals surface area contributed by atoms with Gasteiger partial charge in [0.2, 0.25) is 0 Å². The van der Waals surface area contributed by atoms with Crippen molar-refractivity contribution < 1.29 is 5.11 Å². The number of β-amino-alcohol motifs (C(OH)–C–C–N with tert-alkyl or cyclic N) is 1. The third-order valence-electron chi connectivity index (χ3n) is 3.11. The van der Waals surface area contributed by atoms with Crippen molar-refractivity contribution in [1.29, 1.82) is 0 Å². The minimum atomic E-state index is 0.305. The molecule has 0 amide bonds. The van der Waals surface area contributed by atoms with Crippen LogP contribution in [0, 0.1) is 0 Å². The zero-order valence-electron chi connectivity index (χ0n) is 8.21. The first-order chi connectivity index (χ1) is 6.40. The van der Waals surface area contributed by atoms with Crippen LogP contribution in [0.5, 0.6) is 0 Å². The molecule has 2 fully saturated rings. The maximum absolute atomic E-state index is 8.87. The van der Waals surface area contributed by atoms with Gasteiger partial charge in [0.05, 0.1) is 6.61 Å². The van der Waals surface area contributed by atoms with Gasteiger partial charge < -0.3 is 10.4 Å². The van der Waals surface area contributed by atoms with Crippen LogP contribution in [0.3, 0.4) is 0 Å². The first-order valence-electron chi connectivity index (χ1n) is 5.48. The number of nitrogens with zero attached hydrogens (tertiary/aromatic N) is 1. The van der Waals surface area contributed by atoms with E-state index in [4.69, 9.17) is 5.11 Å². The highest BCUT2D eigenvalue weighted by atomic mass is 16.3. The molecule has 1 aliphatic carbocycles. The van der Waals surface area contributed by atoms with Gasteiger partial charge in [0, 0.05) is 25.2 Å². The van der Waals surface area contributed by atoms with Crippen molar-refractivity contribution in [3.05, 3.63) is 0 Å². The molecule has 1 unspecified atom stereocenters. The molecule has 0 bridgehead atoms. The molecule has 0 spiro atoms. The van der Waals surface area contributed by atoms with Gasteiger partial charge in [-0.25, -0.2) is 0 Å². The number of aliphatic hydroxyl groups excluding tert-OH is 1. The minimum Gasteiger partial charge on any atom is -0.395 e. The van der Waals surface area contributed by atoms with Crippen LogP contribution in [0.15, 0.2) is 0 Å². The lowest BCUT2D eigenvalue weighted by atomic mass is 10.2. The standard InChI is InChI=1S/C10H20N2O/c13-7-6-12-5-1-2-10(12)8-11-9-3-4-9/h9-11,13H,1-8H2. The van der Waals surface area contributed by atoms with Crippen LogP contribution in [0.4, 0.5) is 0 Å². The summed E-state index contributed by atoms with van der Waals surface area (Å²) in [7, 11) is 0. The molecule has 0 aromatic carbocycles. The summed E-state index contributed by atoms with van der Waals surface area (Å²) in [5.74, 6) is 0. The fourth-order valence-electron chi connectivity index (χ4n) is 2.14. The summed E-state index contributed by atoms with van der Waals surface area (Å²) in [5.41, 5.74) is 0. The van der Waals surface area contributed by atoms with Crippen molar-refractivity contribution >= 4 is 0 Å². The van der Waals surface area contributed by atoms with E-state index in [2.05, 4.69) is 10.2 Å². The molecule has 2 aliphatic rings. The number of hydrogen-bond donors (Lipinski definition) is 2. The third-order valence-corrected chi connectivity index (χ3v) is 3.11. The van der Waals surface area contributed by atoms with Crippen molar-refractivity contribution in [2.45, 2.75) is 37.8 Å². The lowest BCUT2D eigenvalue weighted by Gasteiger charge is -2.23. The van der Waals surface area contributed by atoms with E-state index in [1.165, 1.54) is 32.2 Å². The maximum atomic E-state index is 8.87. The molecule has 1 saturated heterocycles. The molecule has 1 atom stereocenters. The van der Waals surface area contributed by atoms with Crippen LogP contribution >= 0.6 is 0 Å². The predicted octanol–water partition coefficient (Wildman–Crippen LogP) is 0.195. The van der Waals surface area contributed by atoms with Gasteiger partial charge in [-0.3, -0.25) is 4.90 Å². The Morgan fingerprint density at radius 1 is 1.31 bits per heavy atom. The summed E-state index contributed by atoms with van der Waals surface area (Å²) < 4.78 is 0. The van der Waals surface area contributed by atoms with Crippen molar-refractivity contribution in [3.8, 4) is 0 Å². The van der Waals surface area contributed by atoms with E-state index in [9.17, 15) is 0 Å². The fourth-order valence-corrected chi connectivity index (χ4v) is 2.14. The molecule has 1 aliphatic heterocycles. The van der Waals surface area contributed by atoms with Crippen molar-refractivity contribution in [2.24, 2.45) is 0 Å². The molecule has 0 aromatic rings. The zero-order chi connectivity index (χ0) is 9.10. The van der Waals surface area contributed by atoms with Gasteiger partial charge in [-0.2, -0.15) is 0 Å². The van der Waals surface area contributed by atoms with Gasteiger partial charge in [0.15, 0.2) is 0 Å². The lowest BCUT2D eigenvalue weighted by Crippen LogP contribution is -2.39. The maximum Gasteiger partial charge on any atom is 0.0558 e. The molecule has 13 heavy (non-hydrogen) atoms. The second-order valence-electron chi connectivity index (χ2n) is 4.24. The smallest absolute Gasteiger partial charge is 0.0558 e. The fraction of sp³-hybridized carbons (Fsp3) is 1.00. The van der Waals surface area contributed by atoms with Crippen LogP contribution in [-0.4, -0.2) is 48.3 Å². The van der Waals surface area contributed by atoms with Gasteiger partial charge >= 0.3 is 0 Å². The Balaban J connectivity index is 1.68. The van der Waals surface area contributed by atoms with Crippen LogP contribution < -0.4 is 5.32 Å². The lowest BCUT2D eigenvalue weighted by molar-refractivity contribution is 0.182. The Labute approximate surface area is 80.1 Å². The molecule has 76 valence electrons. The second kappa shape index (κ2) is 4.40.